The SMILES string of the molecule is [B]n1c(=O)[nH]c2n[nH]nc2c1=O. The van der Waals surface area contributed by atoms with Crippen molar-refractivity contribution in [3.8, 4) is 0 Å². The van der Waals surface area contributed by atoms with E-state index in [1.165, 1.54) is 0 Å². The highest BCUT2D eigenvalue weighted by Gasteiger charge is 2.06. The molecule has 0 saturated heterocycles. The Morgan fingerprint density at radius 3 is 2.83 bits per heavy atom. The van der Waals surface area contributed by atoms with E-state index in [1.54, 1.807) is 0 Å². The van der Waals surface area contributed by atoms with Gasteiger partial charge in [0.15, 0.2) is 11.2 Å². The Bertz CT molecular complexity index is 536. The number of fused-ring (bicyclic) bond motifs is 1. The van der Waals surface area contributed by atoms with Crippen LogP contribution < -0.4 is 11.2 Å². The Hall–Kier alpha value is -1.86. The van der Waals surface area contributed by atoms with Crippen molar-refractivity contribution in [2.45, 2.75) is 0 Å². The summed E-state index contributed by atoms with van der Waals surface area (Å²) in [4.78, 5) is 24.2. The molecule has 0 amide bonds. The van der Waals surface area contributed by atoms with Crippen LogP contribution in [0.25, 0.3) is 11.2 Å². The summed E-state index contributed by atoms with van der Waals surface area (Å²) in [5.74, 6) is 0. The summed E-state index contributed by atoms with van der Waals surface area (Å²) in [6, 6.07) is 0. The number of hydrogen-bond donors (Lipinski definition) is 2. The standard InChI is InChI=1S/C4H2BN5O2/c5-10-3(11)1-2(6-4(10)12)8-9-7-1/h(H2,6,7,8,9,12). The predicted octanol–water partition coefficient (Wildman–Crippen LogP) is -2.26. The van der Waals surface area contributed by atoms with E-state index >= 15 is 0 Å². The predicted molar refractivity (Wildman–Crippen MR) is 39.9 cm³/mol. The van der Waals surface area contributed by atoms with Crippen LogP contribution in [0.1, 0.15) is 0 Å². The Morgan fingerprint density at radius 1 is 1.33 bits per heavy atom. The van der Waals surface area contributed by atoms with Gasteiger partial charge in [0.25, 0.3) is 5.56 Å². The molecule has 2 radical (unpaired) electrons. The summed E-state index contributed by atoms with van der Waals surface area (Å²) < 4.78 is 0.435. The van der Waals surface area contributed by atoms with Crippen LogP contribution >= 0.6 is 0 Å². The Kier molecular flexibility index (Phi) is 1.17. The molecule has 2 rings (SSSR count). The molecule has 2 N–H and O–H groups in total. The van der Waals surface area contributed by atoms with E-state index in [0.29, 0.717) is 4.48 Å². The van der Waals surface area contributed by atoms with Crippen molar-refractivity contribution in [2.24, 2.45) is 0 Å². The van der Waals surface area contributed by atoms with Crippen LogP contribution in [0.15, 0.2) is 9.59 Å². The fourth-order valence-corrected chi connectivity index (χ4v) is 0.835. The molecule has 0 atom stereocenters. The molecule has 12 heavy (non-hydrogen) atoms. The molecular formula is C4H2BN5O2. The molecule has 0 aliphatic rings. The molecule has 0 bridgehead atoms. The van der Waals surface area contributed by atoms with E-state index in [4.69, 9.17) is 7.98 Å². The van der Waals surface area contributed by atoms with Gasteiger partial charge >= 0.3 is 5.69 Å². The highest BCUT2D eigenvalue weighted by molar-refractivity contribution is 6.06. The van der Waals surface area contributed by atoms with Crippen LogP contribution in [0.2, 0.25) is 0 Å². The molecule has 0 saturated carbocycles. The molecule has 0 fully saturated rings. The molecule has 2 aromatic rings. The molecule has 0 unspecified atom stereocenters. The summed E-state index contributed by atoms with van der Waals surface area (Å²) in [6.45, 7) is 0. The van der Waals surface area contributed by atoms with Crippen LogP contribution in [0.5, 0.6) is 0 Å². The van der Waals surface area contributed by atoms with Gasteiger partial charge in [-0.3, -0.25) is 9.78 Å². The van der Waals surface area contributed by atoms with E-state index in [9.17, 15) is 9.59 Å². The van der Waals surface area contributed by atoms with Crippen LogP contribution in [0.3, 0.4) is 0 Å². The summed E-state index contributed by atoms with van der Waals surface area (Å²) in [6.07, 6.45) is 0. The van der Waals surface area contributed by atoms with Gasteiger partial charge in [0.2, 0.25) is 7.98 Å². The van der Waals surface area contributed by atoms with Gasteiger partial charge in [0, 0.05) is 0 Å². The Morgan fingerprint density at radius 2 is 2.08 bits per heavy atom. The second-order valence-electron chi connectivity index (χ2n) is 2.13. The third-order valence-electron chi connectivity index (χ3n) is 1.41. The fraction of sp³-hybridized carbons (Fsp3) is 0. The van der Waals surface area contributed by atoms with E-state index in [2.05, 4.69) is 20.4 Å². The maximum Gasteiger partial charge on any atom is 0.316 e. The van der Waals surface area contributed by atoms with E-state index < -0.39 is 11.2 Å². The zero-order valence-electron chi connectivity index (χ0n) is 5.74. The van der Waals surface area contributed by atoms with Gasteiger partial charge in [-0.2, -0.15) is 5.21 Å². The first kappa shape index (κ1) is 6.83. The molecule has 2 aromatic heterocycles. The second-order valence-corrected chi connectivity index (χ2v) is 2.13. The van der Waals surface area contributed by atoms with Gasteiger partial charge < -0.3 is 4.48 Å². The number of nitrogens with zero attached hydrogens (tertiary/aromatic N) is 3. The summed E-state index contributed by atoms with van der Waals surface area (Å²) in [5, 5.41) is 9.22. The molecule has 0 aliphatic heterocycles. The number of aromatic nitrogens is 5. The molecule has 8 heteroatoms. The van der Waals surface area contributed by atoms with Crippen molar-refractivity contribution in [1.82, 2.24) is 24.9 Å². The lowest BCUT2D eigenvalue weighted by atomic mass is 10.4. The zero-order valence-corrected chi connectivity index (χ0v) is 5.74. The average molecular weight is 163 g/mol. The number of nitrogens with one attached hydrogen (secondary N) is 2. The smallest absolute Gasteiger partial charge is 0.316 e. The lowest BCUT2D eigenvalue weighted by Crippen LogP contribution is -2.33. The Balaban J connectivity index is 3.16. The number of rotatable bonds is 0. The van der Waals surface area contributed by atoms with Crippen LogP contribution in [0, 0.1) is 0 Å². The largest absolute Gasteiger partial charge is 0.317 e. The highest BCUT2D eigenvalue weighted by atomic mass is 16.2. The van der Waals surface area contributed by atoms with Gasteiger partial charge in [-0.1, -0.05) is 0 Å². The van der Waals surface area contributed by atoms with Crippen LogP contribution in [-0.4, -0.2) is 32.9 Å². The summed E-state index contributed by atoms with van der Waals surface area (Å²) in [7, 11) is 5.09. The first-order valence-electron chi connectivity index (χ1n) is 3.01. The third kappa shape index (κ3) is 0.713. The average Bonchev–Trinajstić information content (AvgIpc) is 2.48. The molecule has 2 heterocycles. The van der Waals surface area contributed by atoms with Crippen LogP contribution in [0.4, 0.5) is 0 Å². The minimum absolute atomic E-state index is 0.0112. The van der Waals surface area contributed by atoms with Gasteiger partial charge in [0.1, 0.15) is 0 Å². The zero-order chi connectivity index (χ0) is 8.72. The topological polar surface area (TPSA) is 96.4 Å². The van der Waals surface area contributed by atoms with Gasteiger partial charge in [-0.05, 0) is 0 Å². The van der Waals surface area contributed by atoms with E-state index in [0.717, 1.165) is 0 Å². The van der Waals surface area contributed by atoms with Crippen molar-refractivity contribution < 1.29 is 0 Å². The van der Waals surface area contributed by atoms with Crippen molar-refractivity contribution in [3.05, 3.63) is 20.8 Å². The molecule has 0 spiro atoms. The summed E-state index contributed by atoms with van der Waals surface area (Å²) >= 11 is 0. The van der Waals surface area contributed by atoms with Gasteiger partial charge in [0.05, 0.1) is 0 Å². The highest BCUT2D eigenvalue weighted by Crippen LogP contribution is 1.90. The Labute approximate surface area is 65.8 Å². The lowest BCUT2D eigenvalue weighted by Gasteiger charge is -1.91. The number of H-pyrrole nitrogens is 2. The molecule has 7 nitrogen and oxygen atoms in total. The maximum atomic E-state index is 11.1. The van der Waals surface area contributed by atoms with Gasteiger partial charge in [-0.25, -0.2) is 4.79 Å². The minimum atomic E-state index is -0.721. The first-order valence-corrected chi connectivity index (χ1v) is 3.01. The number of hydrogen-bond acceptors (Lipinski definition) is 4. The molecular weight excluding hydrogens is 161 g/mol. The lowest BCUT2D eigenvalue weighted by molar-refractivity contribution is 0.953. The molecule has 0 aliphatic carbocycles. The monoisotopic (exact) mass is 163 g/mol. The number of aromatic amines is 2. The van der Waals surface area contributed by atoms with Crippen molar-refractivity contribution in [3.63, 3.8) is 0 Å². The van der Waals surface area contributed by atoms with E-state index in [-0.39, 0.29) is 11.2 Å². The third-order valence-corrected chi connectivity index (χ3v) is 1.41. The van der Waals surface area contributed by atoms with E-state index in [1.807, 2.05) is 0 Å². The summed E-state index contributed by atoms with van der Waals surface area (Å²) in [5.41, 5.74) is -1.28. The molecule has 0 aromatic carbocycles. The van der Waals surface area contributed by atoms with Gasteiger partial charge in [-0.15, -0.1) is 10.2 Å². The normalized spacial score (nSPS) is 10.7. The van der Waals surface area contributed by atoms with Crippen molar-refractivity contribution >= 4 is 19.1 Å². The molecule has 58 valence electrons. The second kappa shape index (κ2) is 2.06. The van der Waals surface area contributed by atoms with Crippen LogP contribution in [-0.2, 0) is 0 Å². The van der Waals surface area contributed by atoms with Crippen molar-refractivity contribution in [2.75, 3.05) is 0 Å². The minimum Gasteiger partial charge on any atom is -0.317 e. The quantitative estimate of drug-likeness (QED) is 0.428. The van der Waals surface area contributed by atoms with Crippen molar-refractivity contribution in [1.29, 1.82) is 0 Å². The fourth-order valence-electron chi connectivity index (χ4n) is 0.835. The maximum absolute atomic E-state index is 11.1. The first-order chi connectivity index (χ1) is 5.70.